The SMILES string of the molecule is CCCCSc1nnc2c(n1)O[C@@H](c1ccccc1F)N(C(=O)CCC)c1ccc(Cl)cc1-2. The molecule has 0 saturated carbocycles. The fourth-order valence-corrected chi connectivity index (χ4v) is 4.62. The third kappa shape index (κ3) is 4.96. The van der Waals surface area contributed by atoms with Gasteiger partial charge in [0.2, 0.25) is 23.2 Å². The van der Waals surface area contributed by atoms with Gasteiger partial charge < -0.3 is 4.74 Å². The van der Waals surface area contributed by atoms with E-state index in [0.29, 0.717) is 33.5 Å². The molecule has 1 atom stereocenters. The molecule has 9 heteroatoms. The lowest BCUT2D eigenvalue weighted by Gasteiger charge is -2.31. The Labute approximate surface area is 201 Å². The van der Waals surface area contributed by atoms with Gasteiger partial charge in [0, 0.05) is 28.3 Å². The van der Waals surface area contributed by atoms with Crippen LogP contribution in [0.5, 0.6) is 5.88 Å². The first-order chi connectivity index (χ1) is 16.0. The summed E-state index contributed by atoms with van der Waals surface area (Å²) < 4.78 is 21.2. The molecule has 0 bridgehead atoms. The quantitative estimate of drug-likeness (QED) is 0.282. The van der Waals surface area contributed by atoms with Crippen molar-refractivity contribution in [1.82, 2.24) is 15.2 Å². The van der Waals surface area contributed by atoms with E-state index in [9.17, 15) is 9.18 Å². The summed E-state index contributed by atoms with van der Waals surface area (Å²) in [5.41, 5.74) is 1.67. The highest BCUT2D eigenvalue weighted by Gasteiger charge is 2.37. The molecule has 0 spiro atoms. The van der Waals surface area contributed by atoms with Crippen molar-refractivity contribution in [2.75, 3.05) is 10.7 Å². The molecule has 4 rings (SSSR count). The maximum atomic E-state index is 14.9. The number of thioether (sulfide) groups is 1. The third-order valence-electron chi connectivity index (χ3n) is 5.20. The fourth-order valence-electron chi connectivity index (χ4n) is 3.59. The van der Waals surface area contributed by atoms with Gasteiger partial charge in [-0.05, 0) is 37.1 Å². The molecule has 1 aliphatic heterocycles. The van der Waals surface area contributed by atoms with Crippen molar-refractivity contribution in [3.63, 3.8) is 0 Å². The van der Waals surface area contributed by atoms with E-state index >= 15 is 0 Å². The molecule has 0 aliphatic carbocycles. The van der Waals surface area contributed by atoms with Crippen molar-refractivity contribution in [3.05, 3.63) is 58.9 Å². The molecule has 0 unspecified atom stereocenters. The van der Waals surface area contributed by atoms with Gasteiger partial charge in [0.1, 0.15) is 5.82 Å². The average Bonchev–Trinajstić information content (AvgIpc) is 2.94. The first-order valence-electron chi connectivity index (χ1n) is 10.9. The molecule has 0 N–H and O–H groups in total. The van der Waals surface area contributed by atoms with Gasteiger partial charge in [-0.25, -0.2) is 4.39 Å². The number of hydrogen-bond donors (Lipinski definition) is 0. The first-order valence-corrected chi connectivity index (χ1v) is 12.3. The molecule has 6 nitrogen and oxygen atoms in total. The lowest BCUT2D eigenvalue weighted by molar-refractivity contribution is -0.120. The molecular weight excluding hydrogens is 463 g/mol. The highest BCUT2D eigenvalue weighted by Crippen LogP contribution is 2.45. The number of halogens is 2. The summed E-state index contributed by atoms with van der Waals surface area (Å²) in [6.45, 7) is 4.03. The number of benzene rings is 2. The second kappa shape index (κ2) is 10.5. The van der Waals surface area contributed by atoms with Crippen LogP contribution in [0.15, 0.2) is 47.6 Å². The van der Waals surface area contributed by atoms with Gasteiger partial charge >= 0.3 is 0 Å². The van der Waals surface area contributed by atoms with Crippen molar-refractivity contribution in [3.8, 4) is 17.1 Å². The Morgan fingerprint density at radius 1 is 1.18 bits per heavy atom. The molecule has 2 aromatic carbocycles. The number of aromatic nitrogens is 3. The predicted octanol–water partition coefficient (Wildman–Crippen LogP) is 6.45. The highest BCUT2D eigenvalue weighted by molar-refractivity contribution is 7.99. The van der Waals surface area contributed by atoms with Crippen LogP contribution in [-0.2, 0) is 4.79 Å². The van der Waals surface area contributed by atoms with Gasteiger partial charge in [0.05, 0.1) is 5.69 Å². The summed E-state index contributed by atoms with van der Waals surface area (Å²) in [5.74, 6) is 0.354. The van der Waals surface area contributed by atoms with E-state index in [4.69, 9.17) is 16.3 Å². The molecular formula is C24H24ClFN4O2S. The summed E-state index contributed by atoms with van der Waals surface area (Å²) in [7, 11) is 0. The Balaban J connectivity index is 1.90. The van der Waals surface area contributed by atoms with Crippen LogP contribution in [0.3, 0.4) is 0 Å². The number of amides is 1. The van der Waals surface area contributed by atoms with Crippen LogP contribution in [0.4, 0.5) is 10.1 Å². The van der Waals surface area contributed by atoms with Crippen LogP contribution in [0.2, 0.25) is 5.02 Å². The minimum absolute atomic E-state index is 0.188. The maximum Gasteiger partial charge on any atom is 0.247 e. The number of anilines is 1. The molecule has 172 valence electrons. The molecule has 1 aliphatic rings. The summed E-state index contributed by atoms with van der Waals surface area (Å²) in [6, 6.07) is 11.4. The topological polar surface area (TPSA) is 68.2 Å². The second-order valence-corrected chi connectivity index (χ2v) is 9.12. The second-order valence-electron chi connectivity index (χ2n) is 7.62. The number of carbonyl (C=O) groups excluding carboxylic acids is 1. The zero-order chi connectivity index (χ0) is 23.4. The minimum Gasteiger partial charge on any atom is -0.447 e. The lowest BCUT2D eigenvalue weighted by Crippen LogP contribution is -2.38. The Kier molecular flexibility index (Phi) is 7.45. The molecule has 0 saturated heterocycles. The Bertz CT molecular complexity index is 1160. The summed E-state index contributed by atoms with van der Waals surface area (Å²) >= 11 is 7.78. The lowest BCUT2D eigenvalue weighted by atomic mass is 10.1. The van der Waals surface area contributed by atoms with Gasteiger partial charge in [-0.15, -0.1) is 10.2 Å². The Morgan fingerprint density at radius 2 is 2.00 bits per heavy atom. The largest absolute Gasteiger partial charge is 0.447 e. The average molecular weight is 487 g/mol. The van der Waals surface area contributed by atoms with E-state index in [1.165, 1.54) is 22.7 Å². The van der Waals surface area contributed by atoms with Crippen molar-refractivity contribution in [2.24, 2.45) is 0 Å². The first kappa shape index (κ1) is 23.4. The third-order valence-corrected chi connectivity index (χ3v) is 6.36. The monoisotopic (exact) mass is 486 g/mol. The van der Waals surface area contributed by atoms with E-state index in [1.807, 2.05) is 6.92 Å². The van der Waals surface area contributed by atoms with Crippen LogP contribution in [0.25, 0.3) is 11.3 Å². The number of ether oxygens (including phenoxy) is 1. The van der Waals surface area contributed by atoms with E-state index in [2.05, 4.69) is 22.1 Å². The summed E-state index contributed by atoms with van der Waals surface area (Å²) in [6.07, 6.45) is 1.91. The van der Waals surface area contributed by atoms with Crippen molar-refractivity contribution in [2.45, 2.75) is 50.9 Å². The van der Waals surface area contributed by atoms with Crippen molar-refractivity contribution < 1.29 is 13.9 Å². The fraction of sp³-hybridized carbons (Fsp3) is 0.333. The molecule has 3 aromatic rings. The summed E-state index contributed by atoms with van der Waals surface area (Å²) in [4.78, 5) is 19.4. The smallest absolute Gasteiger partial charge is 0.247 e. The van der Waals surface area contributed by atoms with Crippen LogP contribution < -0.4 is 9.64 Å². The van der Waals surface area contributed by atoms with Crippen LogP contribution in [-0.4, -0.2) is 26.8 Å². The number of rotatable bonds is 7. The van der Waals surface area contributed by atoms with Crippen molar-refractivity contribution >= 4 is 35.0 Å². The minimum atomic E-state index is -1.06. The number of carbonyl (C=O) groups is 1. The van der Waals surface area contributed by atoms with Crippen LogP contribution in [0, 0.1) is 5.82 Å². The van der Waals surface area contributed by atoms with Crippen molar-refractivity contribution in [1.29, 1.82) is 0 Å². The zero-order valence-electron chi connectivity index (χ0n) is 18.4. The van der Waals surface area contributed by atoms with E-state index in [1.54, 1.807) is 36.4 Å². The van der Waals surface area contributed by atoms with Gasteiger partial charge in [-0.3, -0.25) is 9.69 Å². The maximum absolute atomic E-state index is 14.9. The standard InChI is InChI=1S/C24H24ClFN4O2S/c1-3-5-13-33-24-27-22-21(28-29-24)17-14-15(25)11-12-19(17)30(20(31)8-4-2)23(32-22)16-9-6-7-10-18(16)26/h6-7,9-12,14,23H,3-5,8,13H2,1-2H3/t23-/m0/s1. The molecule has 0 fully saturated rings. The molecule has 1 aromatic heterocycles. The van der Waals surface area contributed by atoms with E-state index < -0.39 is 12.0 Å². The molecule has 33 heavy (non-hydrogen) atoms. The van der Waals surface area contributed by atoms with Crippen LogP contribution in [0.1, 0.15) is 51.3 Å². The Morgan fingerprint density at radius 3 is 2.76 bits per heavy atom. The Hall–Kier alpha value is -2.71. The number of unbranched alkanes of at least 4 members (excludes halogenated alkanes) is 1. The predicted molar refractivity (Wildman–Crippen MR) is 128 cm³/mol. The number of hydrogen-bond acceptors (Lipinski definition) is 6. The highest BCUT2D eigenvalue weighted by atomic mass is 35.5. The van der Waals surface area contributed by atoms with E-state index in [0.717, 1.165) is 18.6 Å². The van der Waals surface area contributed by atoms with Gasteiger partial charge in [0.15, 0.2) is 5.69 Å². The van der Waals surface area contributed by atoms with Gasteiger partial charge in [-0.1, -0.05) is 61.8 Å². The number of fused-ring (bicyclic) bond motifs is 3. The van der Waals surface area contributed by atoms with Gasteiger partial charge in [-0.2, -0.15) is 4.98 Å². The normalized spacial score (nSPS) is 14.8. The molecule has 2 heterocycles. The molecule has 0 radical (unpaired) electrons. The molecule has 1 amide bonds. The summed E-state index contributed by atoms with van der Waals surface area (Å²) in [5, 5.41) is 9.57. The number of nitrogens with zero attached hydrogens (tertiary/aromatic N) is 4. The zero-order valence-corrected chi connectivity index (χ0v) is 20.0. The van der Waals surface area contributed by atoms with Crippen LogP contribution >= 0.6 is 23.4 Å². The van der Waals surface area contributed by atoms with Gasteiger partial charge in [0.25, 0.3) is 0 Å². The van der Waals surface area contributed by atoms with E-state index in [-0.39, 0.29) is 23.8 Å².